The van der Waals surface area contributed by atoms with Crippen molar-refractivity contribution in [3.63, 3.8) is 0 Å². The van der Waals surface area contributed by atoms with Crippen LogP contribution in [-0.4, -0.2) is 44.8 Å². The predicted molar refractivity (Wildman–Crippen MR) is 95.3 cm³/mol. The first-order valence-electron chi connectivity index (χ1n) is 8.59. The predicted octanol–water partition coefficient (Wildman–Crippen LogP) is 2.20. The molecule has 0 unspecified atom stereocenters. The maximum Gasteiger partial charge on any atom is 0.207 e. The number of imidazole rings is 1. The summed E-state index contributed by atoms with van der Waals surface area (Å²) >= 11 is 0. The smallest absolute Gasteiger partial charge is 0.207 e. The summed E-state index contributed by atoms with van der Waals surface area (Å²) in [6.45, 7) is 3.14. The molecular formula is C18H20F2N6. The van der Waals surface area contributed by atoms with Gasteiger partial charge < -0.3 is 15.2 Å². The van der Waals surface area contributed by atoms with Crippen molar-refractivity contribution < 1.29 is 8.78 Å². The van der Waals surface area contributed by atoms with Crippen molar-refractivity contribution >= 4 is 17.0 Å². The third-order valence-electron chi connectivity index (χ3n) is 4.68. The number of rotatable bonds is 3. The van der Waals surface area contributed by atoms with Crippen molar-refractivity contribution in [2.45, 2.75) is 32.1 Å². The number of aryl methyl sites for hydroxylation is 1. The van der Waals surface area contributed by atoms with Gasteiger partial charge in [-0.2, -0.15) is 0 Å². The van der Waals surface area contributed by atoms with E-state index in [4.69, 9.17) is 5.73 Å². The summed E-state index contributed by atoms with van der Waals surface area (Å²) in [7, 11) is 0. The molecule has 6 nitrogen and oxygen atoms in total. The summed E-state index contributed by atoms with van der Waals surface area (Å²) in [6.07, 6.45) is 2.82. The van der Waals surface area contributed by atoms with Gasteiger partial charge in [0.15, 0.2) is 0 Å². The minimum absolute atomic E-state index is 0.339. The minimum atomic E-state index is -1.01. The maximum atomic E-state index is 13.8. The summed E-state index contributed by atoms with van der Waals surface area (Å²) in [5, 5.41) is 0. The molecule has 4 rings (SSSR count). The fourth-order valence-corrected chi connectivity index (χ4v) is 3.26. The number of nitrogens with zero attached hydrogens (tertiary/aromatic N) is 5. The molecule has 0 radical (unpaired) electrons. The van der Waals surface area contributed by atoms with Crippen LogP contribution >= 0.6 is 0 Å². The molecule has 1 aliphatic rings. The van der Waals surface area contributed by atoms with Gasteiger partial charge in [-0.25, -0.2) is 23.7 Å². The Morgan fingerprint density at radius 1 is 1.27 bits per heavy atom. The normalized spacial score (nSPS) is 20.7. The van der Waals surface area contributed by atoms with Crippen LogP contribution in [0.1, 0.15) is 17.8 Å². The fourth-order valence-electron chi connectivity index (χ4n) is 3.26. The van der Waals surface area contributed by atoms with E-state index in [1.54, 1.807) is 18.5 Å². The fraction of sp³-hybridized carbons (Fsp3) is 0.389. The number of halogens is 2. The Morgan fingerprint density at radius 2 is 2.04 bits per heavy atom. The van der Waals surface area contributed by atoms with Gasteiger partial charge in [0, 0.05) is 25.5 Å². The van der Waals surface area contributed by atoms with Crippen LogP contribution in [-0.2, 0) is 6.54 Å². The maximum absolute atomic E-state index is 13.8. The number of anilines is 1. The first-order valence-corrected chi connectivity index (χ1v) is 8.59. The molecule has 0 aliphatic carbocycles. The quantitative estimate of drug-likeness (QED) is 0.777. The average molecular weight is 358 g/mol. The molecule has 3 aromatic rings. The Balaban J connectivity index is 1.77. The number of hydrogen-bond acceptors (Lipinski definition) is 5. The van der Waals surface area contributed by atoms with Gasteiger partial charge in [-0.3, -0.25) is 0 Å². The lowest BCUT2D eigenvalue weighted by Crippen LogP contribution is -2.50. The molecule has 0 spiro atoms. The van der Waals surface area contributed by atoms with Crippen LogP contribution in [0.25, 0.3) is 11.0 Å². The van der Waals surface area contributed by atoms with Crippen molar-refractivity contribution in [1.29, 1.82) is 0 Å². The third kappa shape index (κ3) is 3.12. The molecule has 8 heteroatoms. The molecule has 1 aromatic carbocycles. The molecule has 0 bridgehead atoms. The van der Waals surface area contributed by atoms with E-state index in [2.05, 4.69) is 15.0 Å². The second kappa shape index (κ2) is 6.60. The van der Waals surface area contributed by atoms with Crippen LogP contribution in [0, 0.1) is 12.7 Å². The van der Waals surface area contributed by atoms with Gasteiger partial charge in [-0.05, 0) is 37.1 Å². The summed E-state index contributed by atoms with van der Waals surface area (Å²) in [4.78, 5) is 15.3. The van der Waals surface area contributed by atoms with Gasteiger partial charge in [-0.15, -0.1) is 0 Å². The second-order valence-corrected chi connectivity index (χ2v) is 6.72. The molecule has 1 aliphatic heterocycles. The molecule has 136 valence electrons. The van der Waals surface area contributed by atoms with Crippen molar-refractivity contribution in [1.82, 2.24) is 19.5 Å². The van der Waals surface area contributed by atoms with Crippen LogP contribution in [0.4, 0.5) is 14.7 Å². The lowest BCUT2D eigenvalue weighted by Gasteiger charge is -2.34. The summed E-state index contributed by atoms with van der Waals surface area (Å²) in [5.41, 5.74) is 8.19. The standard InChI is InChI=1S/C18H20F2N6/c1-11-7-22-17(23-8-11)10-26-16-6-12(19)2-3-15(16)24-18(26)25-5-4-13(20)14(21)9-25/h2-3,6-8,13-14H,4-5,9-10,21H2,1H3/t13-,14-/m1/s1. The molecule has 2 N–H and O–H groups in total. The van der Waals surface area contributed by atoms with E-state index in [-0.39, 0.29) is 5.82 Å². The molecule has 3 heterocycles. The van der Waals surface area contributed by atoms with Crippen LogP contribution in [0.5, 0.6) is 0 Å². The van der Waals surface area contributed by atoms with Crippen LogP contribution in [0.3, 0.4) is 0 Å². The highest BCUT2D eigenvalue weighted by Crippen LogP contribution is 2.27. The Bertz CT molecular complexity index is 923. The van der Waals surface area contributed by atoms with E-state index in [0.717, 1.165) is 5.56 Å². The monoisotopic (exact) mass is 358 g/mol. The van der Waals surface area contributed by atoms with E-state index in [0.29, 0.717) is 48.9 Å². The zero-order valence-corrected chi connectivity index (χ0v) is 14.4. The van der Waals surface area contributed by atoms with Gasteiger partial charge >= 0.3 is 0 Å². The second-order valence-electron chi connectivity index (χ2n) is 6.72. The highest BCUT2D eigenvalue weighted by molar-refractivity contribution is 5.79. The van der Waals surface area contributed by atoms with E-state index in [1.165, 1.54) is 12.1 Å². The van der Waals surface area contributed by atoms with Crippen LogP contribution in [0.15, 0.2) is 30.6 Å². The van der Waals surface area contributed by atoms with Crippen molar-refractivity contribution in [3.8, 4) is 0 Å². The summed E-state index contributed by atoms with van der Waals surface area (Å²) in [6, 6.07) is 3.90. The summed E-state index contributed by atoms with van der Waals surface area (Å²) in [5.74, 6) is 0.899. The number of benzene rings is 1. The minimum Gasteiger partial charge on any atom is -0.340 e. The van der Waals surface area contributed by atoms with Crippen molar-refractivity contribution in [2.75, 3.05) is 18.0 Å². The molecule has 1 fully saturated rings. The zero-order valence-electron chi connectivity index (χ0n) is 14.4. The van der Waals surface area contributed by atoms with Gasteiger partial charge in [0.1, 0.15) is 17.8 Å². The zero-order chi connectivity index (χ0) is 18.3. The molecule has 1 saturated heterocycles. The number of aromatic nitrogens is 4. The number of nitrogens with two attached hydrogens (primary N) is 1. The number of hydrogen-bond donors (Lipinski definition) is 1. The topological polar surface area (TPSA) is 72.9 Å². The van der Waals surface area contributed by atoms with Gasteiger partial charge in [0.2, 0.25) is 5.95 Å². The van der Waals surface area contributed by atoms with Gasteiger partial charge in [0.25, 0.3) is 0 Å². The largest absolute Gasteiger partial charge is 0.340 e. The summed E-state index contributed by atoms with van der Waals surface area (Å²) < 4.78 is 29.4. The Morgan fingerprint density at radius 3 is 2.77 bits per heavy atom. The lowest BCUT2D eigenvalue weighted by atomic mass is 10.1. The highest BCUT2D eigenvalue weighted by Gasteiger charge is 2.29. The van der Waals surface area contributed by atoms with Crippen LogP contribution in [0.2, 0.25) is 0 Å². The Hall–Kier alpha value is -2.61. The van der Waals surface area contributed by atoms with Crippen molar-refractivity contribution in [2.24, 2.45) is 5.73 Å². The third-order valence-corrected chi connectivity index (χ3v) is 4.68. The molecule has 2 aromatic heterocycles. The highest BCUT2D eigenvalue weighted by atomic mass is 19.1. The Labute approximate surface area is 149 Å². The average Bonchev–Trinajstić information content (AvgIpc) is 2.97. The SMILES string of the molecule is Cc1cnc(Cn2c(N3CC[C@@H](F)[C@H](N)C3)nc3ccc(F)cc32)nc1. The van der Waals surface area contributed by atoms with E-state index < -0.39 is 12.2 Å². The molecular weight excluding hydrogens is 338 g/mol. The first-order chi connectivity index (χ1) is 12.5. The molecule has 26 heavy (non-hydrogen) atoms. The van der Waals surface area contributed by atoms with Crippen LogP contribution < -0.4 is 10.6 Å². The Kier molecular flexibility index (Phi) is 4.28. The number of alkyl halides is 1. The van der Waals surface area contributed by atoms with Gasteiger partial charge in [-0.1, -0.05) is 0 Å². The van der Waals surface area contributed by atoms with E-state index in [9.17, 15) is 8.78 Å². The van der Waals surface area contributed by atoms with Crippen molar-refractivity contribution in [3.05, 3.63) is 47.8 Å². The lowest BCUT2D eigenvalue weighted by molar-refractivity contribution is 0.243. The van der Waals surface area contributed by atoms with Gasteiger partial charge in [0.05, 0.1) is 23.6 Å². The van der Waals surface area contributed by atoms with E-state index in [1.807, 2.05) is 16.4 Å². The molecule has 0 saturated carbocycles. The number of fused-ring (bicyclic) bond motifs is 1. The molecule has 2 atom stereocenters. The molecule has 0 amide bonds. The first kappa shape index (κ1) is 16.8. The number of piperidine rings is 1. The van der Waals surface area contributed by atoms with E-state index >= 15 is 0 Å².